The number of nitrogens with one attached hydrogen (secondary N) is 1. The van der Waals surface area contributed by atoms with Gasteiger partial charge in [0.15, 0.2) is 0 Å². The number of carbonyl (C=O) groups excluding carboxylic acids is 1. The number of β-amino-alcohol motifs (C(OH)–C–C–N with tert-alkyl or cyclic N) is 1. The average molecular weight is 200 g/mol. The minimum atomic E-state index is -0.402. The number of hydroxylamine groups is 2. The summed E-state index contributed by atoms with van der Waals surface area (Å²) >= 11 is 0. The third-order valence-corrected chi connectivity index (χ3v) is 2.69. The summed E-state index contributed by atoms with van der Waals surface area (Å²) in [6.07, 6.45) is 2.01. The fraction of sp³-hybridized carbons (Fsp3) is 0.889. The molecule has 2 rings (SSSR count). The number of amides is 1. The van der Waals surface area contributed by atoms with Gasteiger partial charge < -0.3 is 10.4 Å². The highest BCUT2D eigenvalue weighted by Crippen LogP contribution is 2.18. The first kappa shape index (κ1) is 9.89. The van der Waals surface area contributed by atoms with Crippen LogP contribution in [0, 0.1) is 0 Å². The van der Waals surface area contributed by atoms with E-state index in [1.54, 1.807) is 5.06 Å². The van der Waals surface area contributed by atoms with Gasteiger partial charge in [0.2, 0.25) is 5.91 Å². The van der Waals surface area contributed by atoms with Gasteiger partial charge in [-0.15, -0.1) is 0 Å². The van der Waals surface area contributed by atoms with Gasteiger partial charge in [-0.25, -0.2) is 0 Å². The molecule has 0 aliphatic carbocycles. The largest absolute Gasteiger partial charge is 0.389 e. The van der Waals surface area contributed by atoms with Crippen LogP contribution in [0.15, 0.2) is 0 Å². The first-order chi connectivity index (χ1) is 6.75. The van der Waals surface area contributed by atoms with Crippen LogP contribution in [0.3, 0.4) is 0 Å². The number of aliphatic hydroxyl groups excluding tert-OH is 1. The van der Waals surface area contributed by atoms with Crippen molar-refractivity contribution < 1.29 is 14.7 Å². The molecule has 80 valence electrons. The van der Waals surface area contributed by atoms with Crippen LogP contribution < -0.4 is 5.32 Å². The Hall–Kier alpha value is -0.650. The van der Waals surface area contributed by atoms with E-state index < -0.39 is 6.10 Å². The number of hydrogen-bond acceptors (Lipinski definition) is 4. The maximum absolute atomic E-state index is 11.3. The Morgan fingerprint density at radius 2 is 2.43 bits per heavy atom. The molecule has 0 spiro atoms. The van der Waals surface area contributed by atoms with E-state index in [-0.39, 0.29) is 11.9 Å². The van der Waals surface area contributed by atoms with Crippen LogP contribution in [-0.2, 0) is 9.63 Å². The van der Waals surface area contributed by atoms with Gasteiger partial charge in [-0.05, 0) is 12.8 Å². The molecule has 0 saturated carbocycles. The third kappa shape index (κ3) is 2.23. The molecular weight excluding hydrogens is 184 g/mol. The Labute approximate surface area is 83.0 Å². The predicted molar refractivity (Wildman–Crippen MR) is 49.3 cm³/mol. The van der Waals surface area contributed by atoms with Crippen LogP contribution >= 0.6 is 0 Å². The maximum Gasteiger partial charge on any atom is 0.221 e. The monoisotopic (exact) mass is 200 g/mol. The summed E-state index contributed by atoms with van der Waals surface area (Å²) in [5, 5.41) is 13.9. The fourth-order valence-corrected chi connectivity index (χ4v) is 1.95. The van der Waals surface area contributed by atoms with Crippen molar-refractivity contribution in [3.8, 4) is 0 Å². The second-order valence-electron chi connectivity index (χ2n) is 3.90. The molecule has 2 fully saturated rings. The lowest BCUT2D eigenvalue weighted by atomic mass is 10.1. The molecule has 2 atom stereocenters. The van der Waals surface area contributed by atoms with Crippen molar-refractivity contribution in [3.05, 3.63) is 0 Å². The van der Waals surface area contributed by atoms with E-state index in [1.807, 2.05) is 0 Å². The van der Waals surface area contributed by atoms with E-state index in [1.165, 1.54) is 0 Å². The summed E-state index contributed by atoms with van der Waals surface area (Å²) < 4.78 is 0. The predicted octanol–water partition coefficient (Wildman–Crippen LogP) is -0.737. The molecule has 0 aromatic carbocycles. The Morgan fingerprint density at radius 3 is 3.14 bits per heavy atom. The highest BCUT2D eigenvalue weighted by molar-refractivity contribution is 5.76. The SMILES string of the molecule is O=C1CC(N2CC(O)CO2)CCCN1. The topological polar surface area (TPSA) is 61.8 Å². The van der Waals surface area contributed by atoms with Gasteiger partial charge in [0.1, 0.15) is 0 Å². The molecule has 2 N–H and O–H groups in total. The van der Waals surface area contributed by atoms with Crippen LogP contribution in [0.5, 0.6) is 0 Å². The number of carbonyl (C=O) groups is 1. The van der Waals surface area contributed by atoms with Crippen molar-refractivity contribution in [1.29, 1.82) is 0 Å². The van der Waals surface area contributed by atoms with Gasteiger partial charge in [0, 0.05) is 19.0 Å². The molecule has 5 heteroatoms. The molecule has 0 radical (unpaired) electrons. The Morgan fingerprint density at radius 1 is 1.57 bits per heavy atom. The van der Waals surface area contributed by atoms with Gasteiger partial charge in [-0.2, -0.15) is 5.06 Å². The number of hydrogen-bond donors (Lipinski definition) is 2. The standard InChI is InChI=1S/C9H16N2O3/c12-8-5-11(14-6-8)7-2-1-3-10-9(13)4-7/h7-8,12H,1-6H2,(H,10,13). The zero-order chi connectivity index (χ0) is 9.97. The first-order valence-corrected chi connectivity index (χ1v) is 5.10. The van der Waals surface area contributed by atoms with E-state index in [2.05, 4.69) is 5.32 Å². The van der Waals surface area contributed by atoms with E-state index in [0.717, 1.165) is 19.4 Å². The van der Waals surface area contributed by atoms with Crippen molar-refractivity contribution in [3.63, 3.8) is 0 Å². The molecule has 14 heavy (non-hydrogen) atoms. The molecule has 0 aromatic heterocycles. The molecule has 0 aromatic rings. The Kier molecular flexibility index (Phi) is 3.00. The summed E-state index contributed by atoms with van der Waals surface area (Å²) in [6.45, 7) is 1.64. The molecule has 2 saturated heterocycles. The molecule has 5 nitrogen and oxygen atoms in total. The van der Waals surface area contributed by atoms with Gasteiger partial charge in [0.25, 0.3) is 0 Å². The van der Waals surface area contributed by atoms with Crippen molar-refractivity contribution in [1.82, 2.24) is 10.4 Å². The quantitative estimate of drug-likeness (QED) is 0.585. The van der Waals surface area contributed by atoms with Gasteiger partial charge in [-0.1, -0.05) is 0 Å². The summed E-state index contributed by atoms with van der Waals surface area (Å²) in [4.78, 5) is 16.6. The van der Waals surface area contributed by atoms with Gasteiger partial charge in [-0.3, -0.25) is 9.63 Å². The number of rotatable bonds is 1. The molecule has 0 bridgehead atoms. The van der Waals surface area contributed by atoms with E-state index in [9.17, 15) is 9.90 Å². The van der Waals surface area contributed by atoms with Crippen LogP contribution in [-0.4, -0.2) is 47.9 Å². The van der Waals surface area contributed by atoms with Crippen LogP contribution in [0.2, 0.25) is 0 Å². The average Bonchev–Trinajstić information content (AvgIpc) is 2.45. The van der Waals surface area contributed by atoms with Gasteiger partial charge >= 0.3 is 0 Å². The van der Waals surface area contributed by atoms with Crippen LogP contribution in [0.25, 0.3) is 0 Å². The minimum Gasteiger partial charge on any atom is -0.389 e. The molecule has 1 amide bonds. The Balaban J connectivity index is 1.92. The van der Waals surface area contributed by atoms with E-state index in [4.69, 9.17) is 4.84 Å². The highest BCUT2D eigenvalue weighted by atomic mass is 16.7. The lowest BCUT2D eigenvalue weighted by Crippen LogP contribution is -2.35. The summed E-state index contributed by atoms with van der Waals surface area (Å²) in [7, 11) is 0. The van der Waals surface area contributed by atoms with E-state index in [0.29, 0.717) is 19.6 Å². The maximum atomic E-state index is 11.3. The lowest BCUT2D eigenvalue weighted by molar-refractivity contribution is -0.149. The van der Waals surface area contributed by atoms with E-state index >= 15 is 0 Å². The van der Waals surface area contributed by atoms with Crippen LogP contribution in [0.4, 0.5) is 0 Å². The molecule has 2 unspecified atom stereocenters. The van der Waals surface area contributed by atoms with Crippen LogP contribution in [0.1, 0.15) is 19.3 Å². The first-order valence-electron chi connectivity index (χ1n) is 5.10. The van der Waals surface area contributed by atoms with Gasteiger partial charge in [0.05, 0.1) is 19.3 Å². The third-order valence-electron chi connectivity index (χ3n) is 2.69. The van der Waals surface area contributed by atoms with Crippen molar-refractivity contribution in [2.75, 3.05) is 19.7 Å². The number of nitrogens with zero attached hydrogens (tertiary/aromatic N) is 1. The molecular formula is C9H16N2O3. The van der Waals surface area contributed by atoms with Crippen molar-refractivity contribution in [2.45, 2.75) is 31.4 Å². The highest BCUT2D eigenvalue weighted by Gasteiger charge is 2.30. The smallest absolute Gasteiger partial charge is 0.221 e. The summed E-state index contributed by atoms with van der Waals surface area (Å²) in [5.74, 6) is 0.0810. The fourth-order valence-electron chi connectivity index (χ4n) is 1.95. The summed E-state index contributed by atoms with van der Waals surface area (Å²) in [6, 6.07) is 0.134. The molecule has 2 aliphatic heterocycles. The summed E-state index contributed by atoms with van der Waals surface area (Å²) in [5.41, 5.74) is 0. The lowest BCUT2D eigenvalue weighted by Gasteiger charge is -2.23. The van der Waals surface area contributed by atoms with Crippen molar-refractivity contribution >= 4 is 5.91 Å². The second kappa shape index (κ2) is 4.25. The normalized spacial score (nSPS) is 35.4. The zero-order valence-electron chi connectivity index (χ0n) is 8.11. The molecule has 2 aliphatic rings. The molecule has 2 heterocycles. The Bertz CT molecular complexity index is 222. The zero-order valence-corrected chi connectivity index (χ0v) is 8.11. The number of aliphatic hydroxyl groups is 1. The van der Waals surface area contributed by atoms with Crippen molar-refractivity contribution in [2.24, 2.45) is 0 Å². The second-order valence-corrected chi connectivity index (χ2v) is 3.90. The minimum absolute atomic E-state index is 0.0810.